The van der Waals surface area contributed by atoms with Crippen molar-refractivity contribution in [3.63, 3.8) is 0 Å². The molecular formula is C25H25F3N2O3. The lowest BCUT2D eigenvalue weighted by atomic mass is 10.1. The molecule has 1 atom stereocenters. The van der Waals surface area contributed by atoms with Crippen molar-refractivity contribution in [1.82, 2.24) is 9.97 Å². The lowest BCUT2D eigenvalue weighted by Gasteiger charge is -2.20. The first-order chi connectivity index (χ1) is 15.8. The Morgan fingerprint density at radius 2 is 1.52 bits per heavy atom. The zero-order valence-corrected chi connectivity index (χ0v) is 18.2. The Morgan fingerprint density at radius 3 is 2.09 bits per heavy atom. The predicted molar refractivity (Wildman–Crippen MR) is 119 cm³/mol. The number of aromatic hydroxyl groups is 1. The quantitative estimate of drug-likeness (QED) is 0.290. The topological polar surface area (TPSA) is 72.3 Å². The van der Waals surface area contributed by atoms with E-state index in [4.69, 9.17) is 4.74 Å². The van der Waals surface area contributed by atoms with E-state index in [1.807, 2.05) is 6.92 Å². The number of hydrogen-bond donors (Lipinski definition) is 1. The second-order valence-corrected chi connectivity index (χ2v) is 7.70. The lowest BCUT2D eigenvalue weighted by Crippen LogP contribution is -2.33. The molecule has 0 saturated carbocycles. The Hall–Kier alpha value is -3.42. The number of halogens is 3. The van der Waals surface area contributed by atoms with Crippen LogP contribution in [0, 0.1) is 0 Å². The number of esters is 1. The van der Waals surface area contributed by atoms with E-state index in [1.165, 1.54) is 12.1 Å². The number of carbonyl (C=O) groups excluding carboxylic acids is 1. The highest BCUT2D eigenvalue weighted by Crippen LogP contribution is 2.28. The van der Waals surface area contributed by atoms with Crippen molar-refractivity contribution in [2.24, 2.45) is 0 Å². The molecule has 0 aliphatic rings. The molecule has 0 bridgehead atoms. The van der Waals surface area contributed by atoms with Gasteiger partial charge in [-0.05, 0) is 54.8 Å². The Morgan fingerprint density at radius 1 is 0.909 bits per heavy atom. The number of phenols is 1. The number of hydrogen-bond acceptors (Lipinski definition) is 5. The van der Waals surface area contributed by atoms with Crippen LogP contribution in [0.1, 0.15) is 49.4 Å². The van der Waals surface area contributed by atoms with Crippen LogP contribution >= 0.6 is 0 Å². The van der Waals surface area contributed by atoms with Crippen LogP contribution in [-0.2, 0) is 4.74 Å². The molecule has 0 radical (unpaired) electrons. The van der Waals surface area contributed by atoms with Gasteiger partial charge in [-0.1, -0.05) is 38.3 Å². The molecule has 0 amide bonds. The summed E-state index contributed by atoms with van der Waals surface area (Å²) in [6.07, 6.45) is -0.948. The standard InChI is InChI=1S/C25H25F3N2O3/c1-2-3-4-5-6-22(25(26,27)28)33-24(32)19-9-7-17(8-10-19)20-15-29-23(30-16-20)18-11-13-21(31)14-12-18/h7-16,22,31H,2-6H2,1H3. The van der Waals surface area contributed by atoms with Gasteiger partial charge in [0, 0.05) is 23.5 Å². The maximum Gasteiger partial charge on any atom is 0.425 e. The third-order valence-corrected chi connectivity index (χ3v) is 5.17. The minimum Gasteiger partial charge on any atom is -0.508 e. The van der Waals surface area contributed by atoms with Crippen LogP contribution < -0.4 is 0 Å². The summed E-state index contributed by atoms with van der Waals surface area (Å²) in [5.41, 5.74) is 2.17. The van der Waals surface area contributed by atoms with Gasteiger partial charge in [0.15, 0.2) is 11.9 Å². The van der Waals surface area contributed by atoms with Gasteiger partial charge in [-0.25, -0.2) is 14.8 Å². The predicted octanol–water partition coefficient (Wildman–Crippen LogP) is 6.57. The Labute approximate surface area is 190 Å². The molecule has 0 saturated heterocycles. The zero-order valence-electron chi connectivity index (χ0n) is 18.2. The highest BCUT2D eigenvalue weighted by atomic mass is 19.4. The number of benzene rings is 2. The van der Waals surface area contributed by atoms with E-state index in [0.717, 1.165) is 18.4 Å². The summed E-state index contributed by atoms with van der Waals surface area (Å²) in [6, 6.07) is 12.5. The summed E-state index contributed by atoms with van der Waals surface area (Å²) in [7, 11) is 0. The molecule has 1 heterocycles. The maximum absolute atomic E-state index is 13.3. The van der Waals surface area contributed by atoms with E-state index in [1.54, 1.807) is 48.8 Å². The molecule has 0 spiro atoms. The second-order valence-electron chi connectivity index (χ2n) is 7.70. The largest absolute Gasteiger partial charge is 0.508 e. The number of aromatic nitrogens is 2. The maximum atomic E-state index is 13.3. The van der Waals surface area contributed by atoms with Crippen molar-refractivity contribution in [3.05, 3.63) is 66.5 Å². The number of unbranched alkanes of at least 4 members (excludes halogenated alkanes) is 3. The van der Waals surface area contributed by atoms with Crippen molar-refractivity contribution in [1.29, 1.82) is 0 Å². The lowest BCUT2D eigenvalue weighted by molar-refractivity contribution is -0.206. The summed E-state index contributed by atoms with van der Waals surface area (Å²) in [4.78, 5) is 20.9. The summed E-state index contributed by atoms with van der Waals surface area (Å²) in [6.45, 7) is 1.97. The van der Waals surface area contributed by atoms with Gasteiger partial charge < -0.3 is 9.84 Å². The number of alkyl halides is 3. The fraction of sp³-hybridized carbons (Fsp3) is 0.320. The number of nitrogens with zero attached hydrogens (tertiary/aromatic N) is 2. The molecule has 0 aliphatic heterocycles. The third kappa shape index (κ3) is 6.78. The fourth-order valence-electron chi connectivity index (χ4n) is 3.28. The molecule has 1 unspecified atom stereocenters. The highest BCUT2D eigenvalue weighted by molar-refractivity contribution is 5.90. The van der Waals surface area contributed by atoms with Crippen LogP contribution in [-0.4, -0.2) is 33.3 Å². The second kappa shape index (κ2) is 10.9. The third-order valence-electron chi connectivity index (χ3n) is 5.17. The molecular weight excluding hydrogens is 433 g/mol. The fourth-order valence-corrected chi connectivity index (χ4v) is 3.28. The molecule has 3 rings (SSSR count). The Bertz CT molecular complexity index is 1030. The molecule has 0 aliphatic carbocycles. The number of ether oxygens (including phenoxy) is 1. The minimum atomic E-state index is -4.60. The van der Waals surface area contributed by atoms with E-state index in [9.17, 15) is 23.1 Å². The van der Waals surface area contributed by atoms with Gasteiger partial charge in [0.1, 0.15) is 5.75 Å². The van der Waals surface area contributed by atoms with Crippen molar-refractivity contribution in [2.75, 3.05) is 0 Å². The molecule has 3 aromatic rings. The van der Waals surface area contributed by atoms with Crippen LogP contribution in [0.15, 0.2) is 60.9 Å². The average molecular weight is 458 g/mol. The van der Waals surface area contributed by atoms with Crippen LogP contribution in [0.3, 0.4) is 0 Å². The van der Waals surface area contributed by atoms with Crippen LogP contribution in [0.25, 0.3) is 22.5 Å². The van der Waals surface area contributed by atoms with E-state index < -0.39 is 18.2 Å². The molecule has 5 nitrogen and oxygen atoms in total. The molecule has 1 aromatic heterocycles. The molecule has 0 fully saturated rings. The number of phenolic OH excluding ortho intramolecular Hbond substituents is 1. The molecule has 174 valence electrons. The van der Waals surface area contributed by atoms with Gasteiger partial charge in [0.2, 0.25) is 0 Å². The normalized spacial score (nSPS) is 12.4. The van der Waals surface area contributed by atoms with Crippen molar-refractivity contribution >= 4 is 5.97 Å². The van der Waals surface area contributed by atoms with Gasteiger partial charge in [0.25, 0.3) is 0 Å². The summed E-state index contributed by atoms with van der Waals surface area (Å²) in [5, 5.41) is 9.37. The van der Waals surface area contributed by atoms with Gasteiger partial charge in [-0.3, -0.25) is 0 Å². The van der Waals surface area contributed by atoms with Gasteiger partial charge in [-0.15, -0.1) is 0 Å². The van der Waals surface area contributed by atoms with Gasteiger partial charge in [0.05, 0.1) is 5.56 Å². The first-order valence-electron chi connectivity index (χ1n) is 10.8. The van der Waals surface area contributed by atoms with Gasteiger partial charge >= 0.3 is 12.1 Å². The molecule has 1 N–H and O–H groups in total. The van der Waals surface area contributed by atoms with E-state index in [2.05, 4.69) is 9.97 Å². The average Bonchev–Trinajstić information content (AvgIpc) is 2.81. The SMILES string of the molecule is CCCCCCC(OC(=O)c1ccc(-c2cnc(-c3ccc(O)cc3)nc2)cc1)C(F)(F)F. The highest BCUT2D eigenvalue weighted by Gasteiger charge is 2.42. The zero-order chi connectivity index (χ0) is 23.8. The monoisotopic (exact) mass is 458 g/mol. The van der Waals surface area contributed by atoms with Crippen molar-refractivity contribution in [2.45, 2.75) is 51.3 Å². The number of rotatable bonds is 9. The van der Waals surface area contributed by atoms with Crippen LogP contribution in [0.4, 0.5) is 13.2 Å². The van der Waals surface area contributed by atoms with Crippen LogP contribution in [0.5, 0.6) is 5.75 Å². The summed E-state index contributed by atoms with van der Waals surface area (Å²) < 4.78 is 44.6. The molecule has 33 heavy (non-hydrogen) atoms. The van der Waals surface area contributed by atoms with E-state index in [0.29, 0.717) is 29.8 Å². The minimum absolute atomic E-state index is 0.0446. The van der Waals surface area contributed by atoms with E-state index >= 15 is 0 Å². The Balaban J connectivity index is 1.66. The van der Waals surface area contributed by atoms with Crippen molar-refractivity contribution < 1.29 is 27.8 Å². The Kier molecular flexibility index (Phi) is 8.03. The first kappa shape index (κ1) is 24.2. The smallest absolute Gasteiger partial charge is 0.425 e. The van der Waals surface area contributed by atoms with Gasteiger partial charge in [-0.2, -0.15) is 13.2 Å². The molecule has 8 heteroatoms. The summed E-state index contributed by atoms with van der Waals surface area (Å²) in [5.74, 6) is -0.374. The van der Waals surface area contributed by atoms with E-state index in [-0.39, 0.29) is 17.7 Å². The number of carbonyl (C=O) groups is 1. The van der Waals surface area contributed by atoms with Crippen LogP contribution in [0.2, 0.25) is 0 Å². The molecule has 2 aromatic carbocycles. The van der Waals surface area contributed by atoms with Crippen molar-refractivity contribution in [3.8, 4) is 28.3 Å². The first-order valence-corrected chi connectivity index (χ1v) is 10.8. The summed E-state index contributed by atoms with van der Waals surface area (Å²) >= 11 is 0.